The molecule has 1 aliphatic rings. The van der Waals surface area contributed by atoms with Crippen LogP contribution in [0.15, 0.2) is 12.4 Å². The first-order chi connectivity index (χ1) is 10.4. The number of rotatable bonds is 3. The number of aromatic nitrogens is 5. The van der Waals surface area contributed by atoms with E-state index in [-0.39, 0.29) is 6.04 Å². The van der Waals surface area contributed by atoms with Crippen molar-refractivity contribution in [2.45, 2.75) is 45.8 Å². The predicted molar refractivity (Wildman–Crippen MR) is 82.6 cm³/mol. The minimum atomic E-state index is -0.991. The quantitative estimate of drug-likeness (QED) is 0.922. The number of anilines is 1. The highest BCUT2D eigenvalue weighted by Gasteiger charge is 2.41. The maximum Gasteiger partial charge on any atom is 0.225 e. The predicted octanol–water partition coefficient (Wildman–Crippen LogP) is 1.36. The van der Waals surface area contributed by atoms with Crippen LogP contribution in [0.5, 0.6) is 0 Å². The molecule has 0 aromatic carbocycles. The molecule has 3 heterocycles. The van der Waals surface area contributed by atoms with E-state index >= 15 is 0 Å². The topological polar surface area (TPSA) is 80.0 Å². The van der Waals surface area contributed by atoms with E-state index in [0.717, 1.165) is 11.3 Å². The Balaban J connectivity index is 1.81. The zero-order valence-corrected chi connectivity index (χ0v) is 13.5. The van der Waals surface area contributed by atoms with Gasteiger partial charge in [0.2, 0.25) is 5.95 Å². The van der Waals surface area contributed by atoms with Crippen molar-refractivity contribution in [2.24, 2.45) is 0 Å². The van der Waals surface area contributed by atoms with E-state index in [1.165, 1.54) is 0 Å². The van der Waals surface area contributed by atoms with Crippen molar-refractivity contribution in [1.82, 2.24) is 25.0 Å². The summed E-state index contributed by atoms with van der Waals surface area (Å²) in [6.07, 6.45) is 4.25. The Morgan fingerprint density at radius 2 is 2.09 bits per heavy atom. The maximum absolute atomic E-state index is 10.9. The Bertz CT molecular complexity index is 682. The molecule has 0 spiro atoms. The van der Waals surface area contributed by atoms with Crippen LogP contribution in [0.25, 0.3) is 0 Å². The lowest BCUT2D eigenvalue weighted by Gasteiger charge is -2.21. The van der Waals surface area contributed by atoms with Gasteiger partial charge in [0.25, 0.3) is 0 Å². The highest BCUT2D eigenvalue weighted by atomic mass is 16.3. The van der Waals surface area contributed by atoms with Crippen molar-refractivity contribution in [3.8, 4) is 0 Å². The van der Waals surface area contributed by atoms with Gasteiger partial charge >= 0.3 is 0 Å². The van der Waals surface area contributed by atoms with Gasteiger partial charge in [-0.05, 0) is 33.3 Å². The fourth-order valence-corrected chi connectivity index (χ4v) is 2.58. The van der Waals surface area contributed by atoms with E-state index in [0.29, 0.717) is 31.2 Å². The van der Waals surface area contributed by atoms with Gasteiger partial charge < -0.3 is 10.0 Å². The van der Waals surface area contributed by atoms with Gasteiger partial charge in [0.1, 0.15) is 11.3 Å². The van der Waals surface area contributed by atoms with Crippen LogP contribution in [0, 0.1) is 13.8 Å². The number of β-amino-alcohol motifs (C(OH)–C–C–N with tert-alkyl or cyclic N) is 1. The van der Waals surface area contributed by atoms with Gasteiger partial charge in [-0.3, -0.25) is 0 Å². The summed E-state index contributed by atoms with van der Waals surface area (Å²) in [4.78, 5) is 10.9. The molecule has 0 amide bonds. The summed E-state index contributed by atoms with van der Waals surface area (Å²) < 4.78 is 1.77. The highest BCUT2D eigenvalue weighted by molar-refractivity contribution is 5.36. The second-order valence-electron chi connectivity index (χ2n) is 6.32. The Morgan fingerprint density at radius 1 is 1.32 bits per heavy atom. The van der Waals surface area contributed by atoms with Crippen LogP contribution < -0.4 is 4.90 Å². The number of aryl methyl sites for hydroxylation is 2. The Morgan fingerprint density at radius 3 is 2.73 bits per heavy atom. The van der Waals surface area contributed by atoms with Crippen molar-refractivity contribution in [3.63, 3.8) is 0 Å². The van der Waals surface area contributed by atoms with Gasteiger partial charge in [-0.15, -0.1) is 5.10 Å². The largest absolute Gasteiger partial charge is 0.381 e. The van der Waals surface area contributed by atoms with Crippen molar-refractivity contribution < 1.29 is 5.11 Å². The first-order valence-corrected chi connectivity index (χ1v) is 7.59. The van der Waals surface area contributed by atoms with Gasteiger partial charge in [-0.2, -0.15) is 0 Å². The number of hydrogen-bond acceptors (Lipinski definition) is 6. The standard InChI is InChI=1S/C15H22N6O/c1-10(2)21-8-13(18-19-21)15(22)5-6-20(9-15)14-16-7-11(3)12(4)17-14/h7-8,10,22H,5-6,9H2,1-4H3/t15-/m1/s1. The molecule has 0 saturated carbocycles. The summed E-state index contributed by atoms with van der Waals surface area (Å²) in [7, 11) is 0. The van der Waals surface area contributed by atoms with Crippen molar-refractivity contribution in [1.29, 1.82) is 0 Å². The number of aliphatic hydroxyl groups is 1. The third-order valence-electron chi connectivity index (χ3n) is 4.26. The van der Waals surface area contributed by atoms with Crippen LogP contribution in [-0.2, 0) is 5.60 Å². The molecule has 3 rings (SSSR count). The minimum Gasteiger partial charge on any atom is -0.381 e. The smallest absolute Gasteiger partial charge is 0.225 e. The lowest BCUT2D eigenvalue weighted by atomic mass is 10.00. The van der Waals surface area contributed by atoms with Crippen molar-refractivity contribution >= 4 is 5.95 Å². The monoisotopic (exact) mass is 302 g/mol. The molecule has 1 atom stereocenters. The van der Waals surface area contributed by atoms with E-state index in [2.05, 4.69) is 20.3 Å². The Labute approximate surface area is 130 Å². The van der Waals surface area contributed by atoms with Gasteiger partial charge in [0.15, 0.2) is 0 Å². The molecule has 7 nitrogen and oxygen atoms in total. The summed E-state index contributed by atoms with van der Waals surface area (Å²) >= 11 is 0. The van der Waals surface area contributed by atoms with E-state index in [4.69, 9.17) is 0 Å². The fraction of sp³-hybridized carbons (Fsp3) is 0.600. The van der Waals surface area contributed by atoms with Gasteiger partial charge in [-0.25, -0.2) is 14.6 Å². The molecule has 0 unspecified atom stereocenters. The first-order valence-electron chi connectivity index (χ1n) is 7.59. The summed E-state index contributed by atoms with van der Waals surface area (Å²) in [6.45, 7) is 9.17. The molecule has 1 fully saturated rings. The molecule has 1 aliphatic heterocycles. The minimum absolute atomic E-state index is 0.227. The van der Waals surface area contributed by atoms with Crippen molar-refractivity contribution in [3.05, 3.63) is 29.3 Å². The van der Waals surface area contributed by atoms with Crippen LogP contribution in [0.3, 0.4) is 0 Å². The Kier molecular flexibility index (Phi) is 3.60. The van der Waals surface area contributed by atoms with Gasteiger partial charge in [0.05, 0.1) is 12.7 Å². The SMILES string of the molecule is Cc1cnc(N2CC[C@](O)(c3cn(C(C)C)nn3)C2)nc1C. The van der Waals surface area contributed by atoms with Crippen LogP contribution in [0.1, 0.15) is 43.3 Å². The van der Waals surface area contributed by atoms with Gasteiger partial charge in [0, 0.05) is 30.9 Å². The molecule has 2 aromatic heterocycles. The van der Waals surface area contributed by atoms with E-state index in [9.17, 15) is 5.11 Å². The highest BCUT2D eigenvalue weighted by Crippen LogP contribution is 2.32. The third kappa shape index (κ3) is 2.56. The molecule has 0 bridgehead atoms. The van der Waals surface area contributed by atoms with E-state index in [1.807, 2.05) is 45.0 Å². The first kappa shape index (κ1) is 14.9. The maximum atomic E-state index is 10.9. The second kappa shape index (κ2) is 5.31. The van der Waals surface area contributed by atoms with Gasteiger partial charge in [-0.1, -0.05) is 5.21 Å². The lowest BCUT2D eigenvalue weighted by Crippen LogP contribution is -2.32. The molecular formula is C15H22N6O. The second-order valence-corrected chi connectivity index (χ2v) is 6.32. The fourth-order valence-electron chi connectivity index (χ4n) is 2.58. The summed E-state index contributed by atoms with van der Waals surface area (Å²) in [5.41, 5.74) is 1.66. The van der Waals surface area contributed by atoms with Crippen LogP contribution >= 0.6 is 0 Å². The third-order valence-corrected chi connectivity index (χ3v) is 4.26. The molecule has 0 radical (unpaired) electrons. The van der Waals surface area contributed by atoms with Crippen LogP contribution in [0.4, 0.5) is 5.95 Å². The van der Waals surface area contributed by atoms with Crippen LogP contribution in [-0.4, -0.2) is 43.2 Å². The molecule has 1 saturated heterocycles. The molecule has 118 valence electrons. The molecular weight excluding hydrogens is 280 g/mol. The molecule has 7 heteroatoms. The van der Waals surface area contributed by atoms with E-state index in [1.54, 1.807) is 4.68 Å². The Hall–Kier alpha value is -2.02. The summed E-state index contributed by atoms with van der Waals surface area (Å²) in [5.74, 6) is 0.662. The average molecular weight is 302 g/mol. The number of hydrogen-bond donors (Lipinski definition) is 1. The lowest BCUT2D eigenvalue weighted by molar-refractivity contribution is 0.0558. The average Bonchev–Trinajstić information content (AvgIpc) is 3.09. The zero-order chi connectivity index (χ0) is 15.9. The zero-order valence-electron chi connectivity index (χ0n) is 13.5. The van der Waals surface area contributed by atoms with E-state index < -0.39 is 5.60 Å². The van der Waals surface area contributed by atoms with Crippen molar-refractivity contribution in [2.75, 3.05) is 18.0 Å². The molecule has 1 N–H and O–H groups in total. The number of nitrogens with zero attached hydrogens (tertiary/aromatic N) is 6. The normalized spacial score (nSPS) is 21.8. The molecule has 2 aromatic rings. The summed E-state index contributed by atoms with van der Waals surface area (Å²) in [5, 5.41) is 19.1. The van der Waals surface area contributed by atoms with Crippen LogP contribution in [0.2, 0.25) is 0 Å². The molecule has 22 heavy (non-hydrogen) atoms. The molecule has 0 aliphatic carbocycles. The summed E-state index contributed by atoms with van der Waals surface area (Å²) in [6, 6.07) is 0.227.